The van der Waals surface area contributed by atoms with Crippen LogP contribution in [0.15, 0.2) is 0 Å². The average molecular weight is 1210 g/mol. The fourth-order valence-corrected chi connectivity index (χ4v) is 3.89. The molecular formula is C26H64S3W4. The van der Waals surface area contributed by atoms with Crippen LogP contribution in [-0.4, -0.2) is 0 Å². The van der Waals surface area contributed by atoms with Gasteiger partial charge in [-0.2, -0.15) is 40.5 Å². The molecule has 210 valence electrons. The molecule has 0 bridgehead atoms. The van der Waals surface area contributed by atoms with Gasteiger partial charge >= 0.3 is 0 Å². The Hall–Kier alpha value is 3.80. The molecule has 0 aromatic rings. The van der Waals surface area contributed by atoms with Crippen LogP contribution < -0.4 is 0 Å². The normalized spacial score (nSPS) is 18.8. The molecule has 0 heterocycles. The summed E-state index contributed by atoms with van der Waals surface area (Å²) in [5.74, 6) is 6.72. The minimum absolute atomic E-state index is 0. The maximum Gasteiger partial charge on any atom is 0 e. The first kappa shape index (κ1) is 65.7. The van der Waals surface area contributed by atoms with Crippen LogP contribution in [0, 0.1) is 41.4 Å². The molecule has 0 aromatic heterocycles. The molecule has 6 atom stereocenters. The van der Waals surface area contributed by atoms with E-state index >= 15 is 0 Å². The van der Waals surface area contributed by atoms with E-state index in [1.165, 1.54) is 38.5 Å². The Morgan fingerprint density at radius 2 is 0.848 bits per heavy atom. The molecule has 0 spiro atoms. The second-order valence-corrected chi connectivity index (χ2v) is 8.28. The van der Waals surface area contributed by atoms with Gasteiger partial charge in [0.2, 0.25) is 0 Å². The maximum absolute atomic E-state index is 2.46. The monoisotopic (exact) mass is 1210 g/mol. The molecule has 33 heavy (non-hydrogen) atoms. The smallest absolute Gasteiger partial charge is 0 e. The Morgan fingerprint density at radius 3 is 1.03 bits per heavy atom. The SMILES string of the molecule is CC.CC.CCC(C)C(C)C(C)CC.CCC(C)C(C)C1CC[C@H]1CC.S.S.S.[W].[W].[W].[W]. The van der Waals surface area contributed by atoms with Crippen LogP contribution in [0.3, 0.4) is 0 Å². The van der Waals surface area contributed by atoms with Crippen molar-refractivity contribution in [1.29, 1.82) is 0 Å². The Kier molecular flexibility index (Phi) is 91.0. The first-order valence-electron chi connectivity index (χ1n) is 12.3. The Balaban J connectivity index is -0.0000000295. The minimum atomic E-state index is 0. The van der Waals surface area contributed by atoms with Crippen molar-refractivity contribution in [1.82, 2.24) is 0 Å². The summed E-state index contributed by atoms with van der Waals surface area (Å²) in [7, 11) is 0. The zero-order valence-electron chi connectivity index (χ0n) is 24.4. The molecule has 0 radical (unpaired) electrons. The summed E-state index contributed by atoms with van der Waals surface area (Å²) >= 11 is 0. The topological polar surface area (TPSA) is 0 Å². The van der Waals surface area contributed by atoms with E-state index < -0.39 is 0 Å². The van der Waals surface area contributed by atoms with Gasteiger partial charge in [0.25, 0.3) is 0 Å². The standard InChI is InChI=1S/C12H24.C10H22.2C2H6.3H2S.4W/c1-5-9(3)10(4)12-8-7-11(12)6-2;1-6-8(3)10(5)9(4)7-2;2*1-2;;;;;;;/h9-12H,5-8H2,1-4H3;8-10H,6-7H2,1-5H3;2*1-2H3;3*1H2;;;;/t9?,10?,11-,12?;;;;;;;;;;/m1........../s1. The summed E-state index contributed by atoms with van der Waals surface area (Å²) in [6, 6.07) is 0. The molecule has 0 amide bonds. The summed E-state index contributed by atoms with van der Waals surface area (Å²) in [4.78, 5) is 0. The van der Waals surface area contributed by atoms with Crippen molar-refractivity contribution in [2.75, 3.05) is 0 Å². The zero-order chi connectivity index (χ0) is 21.3. The third-order valence-electron chi connectivity index (χ3n) is 7.30. The second-order valence-electron chi connectivity index (χ2n) is 8.28. The summed E-state index contributed by atoms with van der Waals surface area (Å²) in [5.41, 5.74) is 0. The van der Waals surface area contributed by atoms with Gasteiger partial charge in [-0.15, -0.1) is 0 Å². The van der Waals surface area contributed by atoms with Gasteiger partial charge in [-0.25, -0.2) is 0 Å². The number of rotatable bonds is 8. The molecule has 1 rings (SSSR count). The van der Waals surface area contributed by atoms with Gasteiger partial charge in [-0.05, 0) is 54.3 Å². The fourth-order valence-electron chi connectivity index (χ4n) is 3.89. The van der Waals surface area contributed by atoms with Crippen molar-refractivity contribution in [3.63, 3.8) is 0 Å². The van der Waals surface area contributed by atoms with Crippen LogP contribution in [0.25, 0.3) is 0 Å². The second kappa shape index (κ2) is 45.7. The Morgan fingerprint density at radius 1 is 0.545 bits per heavy atom. The van der Waals surface area contributed by atoms with Gasteiger partial charge in [0, 0.05) is 84.3 Å². The summed E-state index contributed by atoms with van der Waals surface area (Å²) < 4.78 is 0. The first-order chi connectivity index (χ1) is 12.3. The molecule has 5 unspecified atom stereocenters. The van der Waals surface area contributed by atoms with Gasteiger partial charge in [0.15, 0.2) is 0 Å². The zero-order valence-corrected chi connectivity index (χ0v) is 39.2. The largest absolute Gasteiger partial charge is 0.197 e. The fraction of sp³-hybridized carbons (Fsp3) is 1.00. The van der Waals surface area contributed by atoms with Crippen LogP contribution in [-0.2, 0) is 84.3 Å². The average Bonchev–Trinajstić information content (AvgIpc) is 2.68. The van der Waals surface area contributed by atoms with E-state index in [0.29, 0.717) is 0 Å². The van der Waals surface area contributed by atoms with E-state index in [9.17, 15) is 0 Å². The van der Waals surface area contributed by atoms with E-state index in [1.54, 1.807) is 0 Å². The van der Waals surface area contributed by atoms with Crippen molar-refractivity contribution >= 4 is 40.5 Å². The summed E-state index contributed by atoms with van der Waals surface area (Å²) in [5, 5.41) is 0. The van der Waals surface area contributed by atoms with Crippen LogP contribution >= 0.6 is 40.5 Å². The summed E-state index contributed by atoms with van der Waals surface area (Å²) in [6.07, 6.45) is 8.42. The van der Waals surface area contributed by atoms with Crippen LogP contribution in [0.4, 0.5) is 0 Å². The van der Waals surface area contributed by atoms with E-state index in [0.717, 1.165) is 41.4 Å². The molecule has 0 aliphatic heterocycles. The molecular weight excluding hydrogens is 1140 g/mol. The van der Waals surface area contributed by atoms with Crippen LogP contribution in [0.2, 0.25) is 0 Å². The van der Waals surface area contributed by atoms with Gasteiger partial charge in [0.1, 0.15) is 0 Å². The van der Waals surface area contributed by atoms with Crippen LogP contribution in [0.5, 0.6) is 0 Å². The van der Waals surface area contributed by atoms with Gasteiger partial charge in [0.05, 0.1) is 0 Å². The minimum Gasteiger partial charge on any atom is -0.197 e. The van der Waals surface area contributed by atoms with Crippen molar-refractivity contribution in [2.24, 2.45) is 41.4 Å². The molecule has 0 aromatic carbocycles. The summed E-state index contributed by atoms with van der Waals surface area (Å²) in [6.45, 7) is 29.2. The van der Waals surface area contributed by atoms with E-state index in [-0.39, 0.29) is 125 Å². The quantitative estimate of drug-likeness (QED) is 0.227. The molecule has 1 saturated carbocycles. The van der Waals surface area contributed by atoms with Crippen molar-refractivity contribution < 1.29 is 84.3 Å². The number of hydrogen-bond donors (Lipinski definition) is 0. The first-order valence-corrected chi connectivity index (χ1v) is 12.3. The predicted molar refractivity (Wildman–Crippen MR) is 157 cm³/mol. The Labute approximate surface area is 291 Å². The van der Waals surface area contributed by atoms with Gasteiger partial charge in [-0.3, -0.25) is 0 Å². The molecule has 0 nitrogen and oxygen atoms in total. The van der Waals surface area contributed by atoms with Crippen molar-refractivity contribution in [3.8, 4) is 0 Å². The predicted octanol–water partition coefficient (Wildman–Crippen LogP) is 10.2. The molecule has 1 aliphatic rings. The van der Waals surface area contributed by atoms with Gasteiger partial charge < -0.3 is 0 Å². The molecule has 7 heteroatoms. The van der Waals surface area contributed by atoms with Crippen molar-refractivity contribution in [3.05, 3.63) is 0 Å². The van der Waals surface area contributed by atoms with E-state index in [2.05, 4.69) is 62.3 Å². The maximum atomic E-state index is 2.46. The van der Waals surface area contributed by atoms with Gasteiger partial charge in [-0.1, -0.05) is 116 Å². The number of hydrogen-bond acceptors (Lipinski definition) is 0. The molecule has 1 aliphatic carbocycles. The van der Waals surface area contributed by atoms with Crippen LogP contribution in [0.1, 0.15) is 129 Å². The molecule has 0 N–H and O–H groups in total. The van der Waals surface area contributed by atoms with E-state index in [4.69, 9.17) is 0 Å². The third-order valence-corrected chi connectivity index (χ3v) is 7.30. The van der Waals surface area contributed by atoms with E-state index in [1.807, 2.05) is 27.7 Å². The third kappa shape index (κ3) is 30.2. The Bertz CT molecular complexity index is 270. The molecule has 1 fully saturated rings. The molecule has 0 saturated heterocycles. The van der Waals surface area contributed by atoms with Crippen molar-refractivity contribution in [2.45, 2.75) is 129 Å².